The Labute approximate surface area is 125 Å². The number of nitrogens with two attached hydrogens (primary N) is 1. The molecule has 0 saturated carbocycles. The van der Waals surface area contributed by atoms with E-state index >= 15 is 0 Å². The zero-order valence-electron chi connectivity index (χ0n) is 12.6. The van der Waals surface area contributed by atoms with Crippen LogP contribution in [0.3, 0.4) is 0 Å². The number of rotatable bonds is 5. The van der Waals surface area contributed by atoms with Crippen LogP contribution in [0.1, 0.15) is 26.7 Å². The van der Waals surface area contributed by atoms with Gasteiger partial charge in [-0.3, -0.25) is 10.1 Å². The number of ether oxygens (including phenoxy) is 1. The SMILES string of the molecule is CCOc1cc(N2CC(CN)CCC2C)cc([N+](=O)[O-])c1. The summed E-state index contributed by atoms with van der Waals surface area (Å²) in [5, 5.41) is 11.1. The van der Waals surface area contributed by atoms with Gasteiger partial charge >= 0.3 is 0 Å². The molecule has 0 radical (unpaired) electrons. The number of nitrogens with zero attached hydrogens (tertiary/aromatic N) is 2. The van der Waals surface area contributed by atoms with E-state index in [1.807, 2.05) is 13.0 Å². The summed E-state index contributed by atoms with van der Waals surface area (Å²) >= 11 is 0. The summed E-state index contributed by atoms with van der Waals surface area (Å²) in [6.45, 7) is 5.99. The van der Waals surface area contributed by atoms with Crippen LogP contribution in [-0.4, -0.2) is 30.7 Å². The number of anilines is 1. The van der Waals surface area contributed by atoms with Gasteiger partial charge in [-0.05, 0) is 39.2 Å². The molecule has 6 heteroatoms. The molecule has 2 rings (SSSR count). The number of hydrogen-bond donors (Lipinski definition) is 1. The molecule has 6 nitrogen and oxygen atoms in total. The van der Waals surface area contributed by atoms with E-state index < -0.39 is 0 Å². The van der Waals surface area contributed by atoms with E-state index in [9.17, 15) is 10.1 Å². The van der Waals surface area contributed by atoms with Crippen LogP contribution in [0.2, 0.25) is 0 Å². The predicted molar refractivity (Wildman–Crippen MR) is 82.9 cm³/mol. The first-order chi connectivity index (χ1) is 10.0. The molecule has 1 aliphatic heterocycles. The summed E-state index contributed by atoms with van der Waals surface area (Å²) in [6.07, 6.45) is 2.16. The van der Waals surface area contributed by atoms with Crippen molar-refractivity contribution in [3.63, 3.8) is 0 Å². The first kappa shape index (κ1) is 15.6. The molecular weight excluding hydrogens is 270 g/mol. The van der Waals surface area contributed by atoms with Gasteiger partial charge in [0.15, 0.2) is 0 Å². The van der Waals surface area contributed by atoms with Crippen LogP contribution in [0.4, 0.5) is 11.4 Å². The second-order valence-corrected chi connectivity index (χ2v) is 5.56. The van der Waals surface area contributed by atoms with Crippen LogP contribution in [0.5, 0.6) is 5.75 Å². The number of benzene rings is 1. The summed E-state index contributed by atoms with van der Waals surface area (Å²) in [5.74, 6) is 0.986. The van der Waals surface area contributed by atoms with E-state index in [1.165, 1.54) is 6.07 Å². The van der Waals surface area contributed by atoms with E-state index in [1.54, 1.807) is 6.07 Å². The Bertz CT molecular complexity index is 507. The summed E-state index contributed by atoms with van der Waals surface area (Å²) in [6, 6.07) is 5.33. The van der Waals surface area contributed by atoms with E-state index in [0.29, 0.717) is 30.9 Å². The topological polar surface area (TPSA) is 81.6 Å². The van der Waals surface area contributed by atoms with Gasteiger partial charge in [0.25, 0.3) is 5.69 Å². The molecule has 2 N–H and O–H groups in total. The summed E-state index contributed by atoms with van der Waals surface area (Å²) in [7, 11) is 0. The minimum absolute atomic E-state index is 0.0676. The van der Waals surface area contributed by atoms with Crippen LogP contribution in [0.15, 0.2) is 18.2 Å². The maximum absolute atomic E-state index is 11.1. The molecular formula is C15H23N3O3. The first-order valence-corrected chi connectivity index (χ1v) is 7.44. The molecule has 1 fully saturated rings. The molecule has 2 atom stereocenters. The lowest BCUT2D eigenvalue weighted by Gasteiger charge is -2.39. The van der Waals surface area contributed by atoms with Crippen molar-refractivity contribution in [2.24, 2.45) is 11.7 Å². The van der Waals surface area contributed by atoms with Crippen molar-refractivity contribution in [3.8, 4) is 5.75 Å². The number of non-ortho nitro benzene ring substituents is 1. The molecule has 1 heterocycles. The zero-order chi connectivity index (χ0) is 15.4. The van der Waals surface area contributed by atoms with Gasteiger partial charge in [0.1, 0.15) is 5.75 Å². The average molecular weight is 293 g/mol. The molecule has 0 amide bonds. The van der Waals surface area contributed by atoms with Crippen LogP contribution >= 0.6 is 0 Å². The van der Waals surface area contributed by atoms with Crippen molar-refractivity contribution in [2.45, 2.75) is 32.7 Å². The fraction of sp³-hybridized carbons (Fsp3) is 0.600. The third-order valence-corrected chi connectivity index (χ3v) is 4.04. The van der Waals surface area contributed by atoms with Gasteiger partial charge < -0.3 is 15.4 Å². The molecule has 0 spiro atoms. The Hall–Kier alpha value is -1.82. The third-order valence-electron chi connectivity index (χ3n) is 4.04. The molecule has 116 valence electrons. The van der Waals surface area contributed by atoms with Gasteiger partial charge in [-0.15, -0.1) is 0 Å². The highest BCUT2D eigenvalue weighted by Gasteiger charge is 2.26. The molecule has 21 heavy (non-hydrogen) atoms. The van der Waals surface area contributed by atoms with Crippen molar-refractivity contribution < 1.29 is 9.66 Å². The van der Waals surface area contributed by atoms with Crippen LogP contribution in [-0.2, 0) is 0 Å². The monoisotopic (exact) mass is 293 g/mol. The fourth-order valence-electron chi connectivity index (χ4n) is 2.82. The van der Waals surface area contributed by atoms with Crippen molar-refractivity contribution in [2.75, 3.05) is 24.6 Å². The maximum atomic E-state index is 11.1. The van der Waals surface area contributed by atoms with Crippen LogP contribution in [0, 0.1) is 16.0 Å². The fourth-order valence-corrected chi connectivity index (χ4v) is 2.82. The minimum Gasteiger partial charge on any atom is -0.494 e. The van der Waals surface area contributed by atoms with Gasteiger partial charge in [0, 0.05) is 30.4 Å². The summed E-state index contributed by atoms with van der Waals surface area (Å²) in [4.78, 5) is 12.9. The number of nitro benzene ring substituents is 1. The highest BCUT2D eigenvalue weighted by atomic mass is 16.6. The molecule has 1 aliphatic rings. The normalized spacial score (nSPS) is 22.1. The Morgan fingerprint density at radius 2 is 2.19 bits per heavy atom. The van der Waals surface area contributed by atoms with Gasteiger partial charge in [-0.2, -0.15) is 0 Å². The lowest BCUT2D eigenvalue weighted by molar-refractivity contribution is -0.384. The highest BCUT2D eigenvalue weighted by Crippen LogP contribution is 2.33. The van der Waals surface area contributed by atoms with E-state index in [0.717, 1.165) is 25.1 Å². The molecule has 1 saturated heterocycles. The van der Waals surface area contributed by atoms with E-state index in [2.05, 4.69) is 11.8 Å². The quantitative estimate of drug-likeness (QED) is 0.666. The van der Waals surface area contributed by atoms with Crippen molar-refractivity contribution in [3.05, 3.63) is 28.3 Å². The lowest BCUT2D eigenvalue weighted by atomic mass is 9.93. The number of hydrogen-bond acceptors (Lipinski definition) is 5. The number of piperidine rings is 1. The van der Waals surface area contributed by atoms with Crippen LogP contribution < -0.4 is 15.4 Å². The van der Waals surface area contributed by atoms with Crippen molar-refractivity contribution >= 4 is 11.4 Å². The molecule has 0 bridgehead atoms. The summed E-state index contributed by atoms with van der Waals surface area (Å²) < 4.78 is 5.46. The van der Waals surface area contributed by atoms with Gasteiger partial charge in [-0.1, -0.05) is 0 Å². The number of nitro groups is 1. The van der Waals surface area contributed by atoms with E-state index in [-0.39, 0.29) is 10.6 Å². The third kappa shape index (κ3) is 3.64. The standard InChI is InChI=1S/C15H23N3O3/c1-3-21-15-7-13(6-14(8-15)18(19)20)17-10-12(9-16)5-4-11(17)2/h6-8,11-12H,3-5,9-10,16H2,1-2H3. The molecule has 1 aromatic rings. The molecule has 0 aliphatic carbocycles. The maximum Gasteiger partial charge on any atom is 0.275 e. The second-order valence-electron chi connectivity index (χ2n) is 5.56. The van der Waals surface area contributed by atoms with Gasteiger partial charge in [0.05, 0.1) is 17.6 Å². The Balaban J connectivity index is 2.33. The Kier molecular flexibility index (Phi) is 5.01. The van der Waals surface area contributed by atoms with Crippen molar-refractivity contribution in [1.29, 1.82) is 0 Å². The molecule has 1 aromatic carbocycles. The van der Waals surface area contributed by atoms with Crippen LogP contribution in [0.25, 0.3) is 0 Å². The smallest absolute Gasteiger partial charge is 0.275 e. The first-order valence-electron chi connectivity index (χ1n) is 7.44. The minimum atomic E-state index is -0.374. The largest absolute Gasteiger partial charge is 0.494 e. The Morgan fingerprint density at radius 1 is 1.43 bits per heavy atom. The van der Waals surface area contributed by atoms with Crippen molar-refractivity contribution in [1.82, 2.24) is 0 Å². The predicted octanol–water partition coefficient (Wildman–Crippen LogP) is 2.56. The van der Waals surface area contributed by atoms with E-state index in [4.69, 9.17) is 10.5 Å². The Morgan fingerprint density at radius 3 is 2.81 bits per heavy atom. The summed E-state index contributed by atoms with van der Waals surface area (Å²) in [5.41, 5.74) is 6.70. The van der Waals surface area contributed by atoms with Gasteiger partial charge in [-0.25, -0.2) is 0 Å². The van der Waals surface area contributed by atoms with Gasteiger partial charge in [0.2, 0.25) is 0 Å². The molecule has 0 aromatic heterocycles. The second kappa shape index (κ2) is 6.76. The highest BCUT2D eigenvalue weighted by molar-refractivity contribution is 5.58. The average Bonchev–Trinajstić information content (AvgIpc) is 2.47. The lowest BCUT2D eigenvalue weighted by Crippen LogP contribution is -2.44. The zero-order valence-corrected chi connectivity index (χ0v) is 12.6. The molecule has 2 unspecified atom stereocenters.